The second kappa shape index (κ2) is 7.54. The highest BCUT2D eigenvalue weighted by Gasteiger charge is 2.32. The molecule has 25 heavy (non-hydrogen) atoms. The van der Waals surface area contributed by atoms with Crippen molar-refractivity contribution in [1.82, 2.24) is 15.3 Å². The summed E-state index contributed by atoms with van der Waals surface area (Å²) in [5, 5.41) is 11.4. The number of aromatic nitrogens is 2. The van der Waals surface area contributed by atoms with E-state index in [1.54, 1.807) is 12.3 Å². The normalized spacial score (nSPS) is 22.4. The number of nitrogens with two attached hydrogens (primary N) is 1. The summed E-state index contributed by atoms with van der Waals surface area (Å²) < 4.78 is 13.4. The van der Waals surface area contributed by atoms with Gasteiger partial charge in [-0.15, -0.1) is 0 Å². The molecule has 0 amide bonds. The number of hydrogen-bond donors (Lipinski definition) is 3. The molecule has 0 radical (unpaired) electrons. The molecular formula is C19H26FN5. The maximum absolute atomic E-state index is 13.4. The molecule has 6 heteroatoms. The van der Waals surface area contributed by atoms with Gasteiger partial charge in [-0.1, -0.05) is 0 Å². The molecule has 2 aromatic rings. The Morgan fingerprint density at radius 1 is 1.40 bits per heavy atom. The van der Waals surface area contributed by atoms with E-state index in [0.29, 0.717) is 29.3 Å². The first kappa shape index (κ1) is 17.9. The highest BCUT2D eigenvalue weighted by atomic mass is 19.1. The van der Waals surface area contributed by atoms with E-state index < -0.39 is 5.41 Å². The van der Waals surface area contributed by atoms with Crippen LogP contribution in [0, 0.1) is 17.1 Å². The molecule has 1 atom stereocenters. The zero-order valence-corrected chi connectivity index (χ0v) is 14.6. The number of halogens is 1. The Balaban J connectivity index is 1.65. The minimum Gasteiger partial charge on any atom is -0.330 e. The van der Waals surface area contributed by atoms with Crippen LogP contribution in [0.15, 0.2) is 24.4 Å². The lowest BCUT2D eigenvalue weighted by Crippen LogP contribution is -2.47. The predicted molar refractivity (Wildman–Crippen MR) is 98.4 cm³/mol. The molecule has 1 saturated carbocycles. The molecule has 3 rings (SSSR count). The van der Waals surface area contributed by atoms with Gasteiger partial charge in [0.05, 0.1) is 28.3 Å². The molecule has 4 N–H and O–H groups in total. The van der Waals surface area contributed by atoms with Crippen molar-refractivity contribution in [3.63, 3.8) is 0 Å². The molecule has 1 fully saturated rings. The van der Waals surface area contributed by atoms with E-state index in [0.717, 1.165) is 18.9 Å². The molecule has 5 nitrogen and oxygen atoms in total. The van der Waals surface area contributed by atoms with E-state index in [-0.39, 0.29) is 5.82 Å². The van der Waals surface area contributed by atoms with Crippen molar-refractivity contribution in [2.24, 2.45) is 11.7 Å². The van der Waals surface area contributed by atoms with Crippen LogP contribution >= 0.6 is 0 Å². The average Bonchev–Trinajstić information content (AvgIpc) is 2.59. The quantitative estimate of drug-likeness (QED) is 0.643. The van der Waals surface area contributed by atoms with E-state index in [1.165, 1.54) is 37.6 Å². The van der Waals surface area contributed by atoms with Gasteiger partial charge in [-0.05, 0) is 57.2 Å². The molecule has 134 valence electrons. The number of fused-ring (bicyclic) bond motifs is 1. The summed E-state index contributed by atoms with van der Waals surface area (Å²) in [6.45, 7) is 3.36. The van der Waals surface area contributed by atoms with Gasteiger partial charge in [0.2, 0.25) is 0 Å². The third kappa shape index (κ3) is 4.02. The van der Waals surface area contributed by atoms with Crippen molar-refractivity contribution in [3.05, 3.63) is 35.9 Å². The lowest BCUT2D eigenvalue weighted by atomic mass is 9.77. The van der Waals surface area contributed by atoms with Gasteiger partial charge in [0.15, 0.2) is 0 Å². The van der Waals surface area contributed by atoms with Gasteiger partial charge in [0.25, 0.3) is 0 Å². The van der Waals surface area contributed by atoms with E-state index >= 15 is 0 Å². The van der Waals surface area contributed by atoms with Crippen LogP contribution in [0.5, 0.6) is 0 Å². The van der Waals surface area contributed by atoms with Gasteiger partial charge < -0.3 is 16.5 Å². The van der Waals surface area contributed by atoms with Crippen molar-refractivity contribution in [1.29, 1.82) is 5.41 Å². The second-order valence-electron chi connectivity index (χ2n) is 7.30. The van der Waals surface area contributed by atoms with Crippen LogP contribution in [-0.2, 0) is 5.41 Å². The fourth-order valence-corrected chi connectivity index (χ4v) is 3.38. The van der Waals surface area contributed by atoms with Crippen LogP contribution in [0.2, 0.25) is 0 Å². The Labute approximate surface area is 147 Å². The van der Waals surface area contributed by atoms with Crippen LogP contribution in [-0.4, -0.2) is 35.3 Å². The van der Waals surface area contributed by atoms with Crippen LogP contribution < -0.4 is 11.1 Å². The minimum absolute atomic E-state index is 0.327. The van der Waals surface area contributed by atoms with Gasteiger partial charge >= 0.3 is 0 Å². The highest BCUT2D eigenvalue weighted by molar-refractivity contribution is 5.76. The van der Waals surface area contributed by atoms with Gasteiger partial charge in [0.1, 0.15) is 5.82 Å². The van der Waals surface area contributed by atoms with Crippen molar-refractivity contribution in [2.75, 3.05) is 13.1 Å². The Morgan fingerprint density at radius 3 is 2.92 bits per heavy atom. The smallest absolute Gasteiger partial charge is 0.125 e. The Morgan fingerprint density at radius 2 is 2.20 bits per heavy atom. The highest BCUT2D eigenvalue weighted by Crippen LogP contribution is 2.32. The zero-order valence-electron chi connectivity index (χ0n) is 14.6. The largest absolute Gasteiger partial charge is 0.330 e. The Kier molecular flexibility index (Phi) is 5.39. The summed E-state index contributed by atoms with van der Waals surface area (Å²) in [6.07, 6.45) is 7.74. The second-order valence-corrected chi connectivity index (χ2v) is 7.30. The van der Waals surface area contributed by atoms with Crippen molar-refractivity contribution >= 4 is 17.2 Å². The molecular weight excluding hydrogens is 317 g/mol. The molecule has 0 aliphatic heterocycles. The summed E-state index contributed by atoms with van der Waals surface area (Å²) in [6, 6.07) is 4.88. The van der Waals surface area contributed by atoms with Crippen LogP contribution in [0.1, 0.15) is 38.3 Å². The van der Waals surface area contributed by atoms with Gasteiger partial charge in [-0.2, -0.15) is 0 Å². The molecule has 1 aliphatic rings. The lowest BCUT2D eigenvalue weighted by molar-refractivity contribution is 0.203. The van der Waals surface area contributed by atoms with Crippen molar-refractivity contribution < 1.29 is 4.39 Å². The molecule has 1 aromatic carbocycles. The lowest BCUT2D eigenvalue weighted by Gasteiger charge is -2.38. The molecule has 0 saturated heterocycles. The first-order chi connectivity index (χ1) is 12.0. The first-order valence-corrected chi connectivity index (χ1v) is 8.92. The summed E-state index contributed by atoms with van der Waals surface area (Å²) in [4.78, 5) is 8.92. The summed E-state index contributed by atoms with van der Waals surface area (Å²) in [5.41, 5.74) is 6.87. The van der Waals surface area contributed by atoms with E-state index in [1.807, 2.05) is 6.92 Å². The summed E-state index contributed by atoms with van der Waals surface area (Å²) in [5.74, 6) is 0.447. The number of benzene rings is 1. The van der Waals surface area contributed by atoms with E-state index in [4.69, 9.17) is 11.1 Å². The van der Waals surface area contributed by atoms with Crippen molar-refractivity contribution in [2.45, 2.75) is 44.1 Å². The topological polar surface area (TPSA) is 87.7 Å². The average molecular weight is 343 g/mol. The summed E-state index contributed by atoms with van der Waals surface area (Å²) in [7, 11) is 0. The van der Waals surface area contributed by atoms with Gasteiger partial charge in [-0.25, -0.2) is 9.37 Å². The molecule has 1 aliphatic carbocycles. The number of nitrogens with one attached hydrogen (secondary N) is 2. The van der Waals surface area contributed by atoms with Crippen molar-refractivity contribution in [3.8, 4) is 0 Å². The third-order valence-corrected chi connectivity index (χ3v) is 5.22. The SMILES string of the molecule is CC(C=N)(CNC1CC(CCCN)C1)c1cnc2ccc(F)cc2n1. The third-order valence-electron chi connectivity index (χ3n) is 5.22. The Hall–Kier alpha value is -1.92. The number of nitrogens with zero attached hydrogens (tertiary/aromatic N) is 2. The molecule has 0 spiro atoms. The zero-order chi connectivity index (χ0) is 17.9. The maximum Gasteiger partial charge on any atom is 0.125 e. The minimum atomic E-state index is -0.560. The van der Waals surface area contributed by atoms with Gasteiger partial charge in [-0.3, -0.25) is 4.98 Å². The predicted octanol–water partition coefficient (Wildman–Crippen LogP) is 2.78. The molecule has 1 unspecified atom stereocenters. The van der Waals surface area contributed by atoms with Crippen LogP contribution in [0.3, 0.4) is 0 Å². The maximum atomic E-state index is 13.4. The van der Waals surface area contributed by atoms with Crippen LogP contribution in [0.25, 0.3) is 11.0 Å². The van der Waals surface area contributed by atoms with Gasteiger partial charge in [0, 0.05) is 24.9 Å². The fourth-order valence-electron chi connectivity index (χ4n) is 3.38. The molecule has 1 aromatic heterocycles. The summed E-state index contributed by atoms with van der Waals surface area (Å²) >= 11 is 0. The number of hydrogen-bond acceptors (Lipinski definition) is 5. The first-order valence-electron chi connectivity index (χ1n) is 8.92. The van der Waals surface area contributed by atoms with Crippen LogP contribution in [0.4, 0.5) is 4.39 Å². The monoisotopic (exact) mass is 343 g/mol. The number of rotatable bonds is 8. The molecule has 0 bridgehead atoms. The fraction of sp³-hybridized carbons (Fsp3) is 0.526. The molecule has 1 heterocycles. The van der Waals surface area contributed by atoms with E-state index in [2.05, 4.69) is 15.3 Å². The Bertz CT molecular complexity index is 744. The standard InChI is InChI=1S/C19H26FN5/c1-19(11-22,12-24-15-7-13(8-15)3-2-6-21)18-10-23-16-5-4-14(20)9-17(16)25-18/h4-5,9-11,13,15,22,24H,2-3,6-8,12,21H2,1H3. The van der Waals surface area contributed by atoms with E-state index in [9.17, 15) is 4.39 Å².